The summed E-state index contributed by atoms with van der Waals surface area (Å²) in [7, 11) is 0. The number of nitrogens with two attached hydrogens (primary N) is 1. The predicted octanol–water partition coefficient (Wildman–Crippen LogP) is -0.361. The molecule has 0 spiro atoms. The highest BCUT2D eigenvalue weighted by atomic mass is 16.3. The van der Waals surface area contributed by atoms with E-state index in [1.165, 1.54) is 0 Å². The van der Waals surface area contributed by atoms with Crippen LogP contribution in [0.3, 0.4) is 0 Å². The molecule has 0 radical (unpaired) electrons. The first-order valence-electron chi connectivity index (χ1n) is 7.00. The summed E-state index contributed by atoms with van der Waals surface area (Å²) < 4.78 is 0. The van der Waals surface area contributed by atoms with Gasteiger partial charge in [0.15, 0.2) is 0 Å². The Bertz CT molecular complexity index is 288. The minimum absolute atomic E-state index is 0.202. The number of aliphatic hydroxyl groups excluding tert-OH is 1. The third-order valence-corrected chi connectivity index (χ3v) is 4.25. The zero-order chi connectivity index (χ0) is 13.1. The first-order valence-corrected chi connectivity index (χ1v) is 7.00. The predicted molar refractivity (Wildman–Crippen MR) is 70.0 cm³/mol. The number of nitrogens with zero attached hydrogens (tertiary/aromatic N) is 2. The number of amides is 1. The van der Waals surface area contributed by atoms with Crippen molar-refractivity contribution in [3.05, 3.63) is 0 Å². The molecular formula is C13H25N3O2. The number of rotatable bonds is 3. The fourth-order valence-corrected chi connectivity index (χ4v) is 2.81. The molecule has 0 aliphatic carbocycles. The number of likely N-dealkylation sites (tertiary alicyclic amines) is 2. The Labute approximate surface area is 109 Å². The molecule has 2 fully saturated rings. The maximum Gasteiger partial charge on any atom is 0.236 e. The van der Waals surface area contributed by atoms with Gasteiger partial charge in [-0.05, 0) is 26.2 Å². The Morgan fingerprint density at radius 1 is 1.33 bits per heavy atom. The summed E-state index contributed by atoms with van der Waals surface area (Å²) >= 11 is 0. The Morgan fingerprint density at radius 3 is 2.56 bits per heavy atom. The summed E-state index contributed by atoms with van der Waals surface area (Å²) in [6.07, 6.45) is 2.59. The van der Waals surface area contributed by atoms with Gasteiger partial charge in [0.1, 0.15) is 0 Å². The Balaban J connectivity index is 1.75. The van der Waals surface area contributed by atoms with Gasteiger partial charge in [0.2, 0.25) is 5.91 Å². The second kappa shape index (κ2) is 5.99. The van der Waals surface area contributed by atoms with Crippen molar-refractivity contribution in [2.75, 3.05) is 32.7 Å². The van der Waals surface area contributed by atoms with Crippen LogP contribution in [0.25, 0.3) is 0 Å². The van der Waals surface area contributed by atoms with E-state index in [-0.39, 0.29) is 17.9 Å². The standard InChI is InChI=1S/C13H25N3O2/c1-10(17)11-2-7-16(8-11)13(18)9-15-5-3-12(14)4-6-15/h10-12,17H,2-9,14H2,1H3. The highest BCUT2D eigenvalue weighted by Crippen LogP contribution is 2.20. The molecule has 2 heterocycles. The van der Waals surface area contributed by atoms with Crippen LogP contribution in [0.5, 0.6) is 0 Å². The van der Waals surface area contributed by atoms with Crippen LogP contribution in [0.15, 0.2) is 0 Å². The third-order valence-electron chi connectivity index (χ3n) is 4.25. The van der Waals surface area contributed by atoms with Crippen LogP contribution < -0.4 is 5.73 Å². The Kier molecular flexibility index (Phi) is 4.59. The molecule has 2 unspecified atom stereocenters. The van der Waals surface area contributed by atoms with E-state index in [2.05, 4.69) is 4.90 Å². The van der Waals surface area contributed by atoms with E-state index >= 15 is 0 Å². The van der Waals surface area contributed by atoms with Crippen LogP contribution in [0, 0.1) is 5.92 Å². The first-order chi connectivity index (χ1) is 8.56. The highest BCUT2D eigenvalue weighted by Gasteiger charge is 2.30. The van der Waals surface area contributed by atoms with Gasteiger partial charge in [0, 0.05) is 38.1 Å². The van der Waals surface area contributed by atoms with Gasteiger partial charge in [-0.3, -0.25) is 9.69 Å². The lowest BCUT2D eigenvalue weighted by atomic mass is 10.0. The van der Waals surface area contributed by atoms with Crippen molar-refractivity contribution in [1.82, 2.24) is 9.80 Å². The van der Waals surface area contributed by atoms with Gasteiger partial charge in [-0.25, -0.2) is 0 Å². The molecule has 104 valence electrons. The quantitative estimate of drug-likeness (QED) is 0.722. The van der Waals surface area contributed by atoms with Gasteiger partial charge in [-0.2, -0.15) is 0 Å². The van der Waals surface area contributed by atoms with E-state index in [1.54, 1.807) is 0 Å². The van der Waals surface area contributed by atoms with Crippen LogP contribution in [0.4, 0.5) is 0 Å². The van der Waals surface area contributed by atoms with Gasteiger partial charge in [-0.15, -0.1) is 0 Å². The second-order valence-electron chi connectivity index (χ2n) is 5.74. The SMILES string of the molecule is CC(O)C1CCN(C(=O)CN2CCC(N)CC2)C1. The van der Waals surface area contributed by atoms with Gasteiger partial charge in [0.05, 0.1) is 12.6 Å². The normalized spacial score (nSPS) is 28.6. The van der Waals surface area contributed by atoms with E-state index in [0.29, 0.717) is 19.1 Å². The van der Waals surface area contributed by atoms with E-state index < -0.39 is 0 Å². The number of hydrogen-bond acceptors (Lipinski definition) is 4. The summed E-state index contributed by atoms with van der Waals surface area (Å²) in [6.45, 7) is 5.69. The molecule has 5 heteroatoms. The molecule has 0 aromatic rings. The van der Waals surface area contributed by atoms with Crippen molar-refractivity contribution in [1.29, 1.82) is 0 Å². The number of aliphatic hydroxyl groups is 1. The monoisotopic (exact) mass is 255 g/mol. The summed E-state index contributed by atoms with van der Waals surface area (Å²) in [5.41, 5.74) is 5.85. The molecule has 0 bridgehead atoms. The zero-order valence-corrected chi connectivity index (χ0v) is 11.2. The molecule has 3 N–H and O–H groups in total. The van der Waals surface area contributed by atoms with Crippen molar-refractivity contribution in [2.24, 2.45) is 11.7 Å². The highest BCUT2D eigenvalue weighted by molar-refractivity contribution is 5.78. The molecule has 2 aliphatic heterocycles. The molecule has 2 saturated heterocycles. The number of carbonyl (C=O) groups is 1. The minimum atomic E-state index is -0.309. The topological polar surface area (TPSA) is 69.8 Å². The molecule has 5 nitrogen and oxygen atoms in total. The van der Waals surface area contributed by atoms with Crippen molar-refractivity contribution in [3.8, 4) is 0 Å². The molecule has 0 aromatic heterocycles. The fourth-order valence-electron chi connectivity index (χ4n) is 2.81. The largest absolute Gasteiger partial charge is 0.393 e. The van der Waals surface area contributed by atoms with Crippen LogP contribution in [-0.4, -0.2) is 65.7 Å². The lowest BCUT2D eigenvalue weighted by molar-refractivity contribution is -0.131. The fraction of sp³-hybridized carbons (Fsp3) is 0.923. The summed E-state index contributed by atoms with van der Waals surface area (Å²) in [6, 6.07) is 0.308. The van der Waals surface area contributed by atoms with Crippen molar-refractivity contribution in [3.63, 3.8) is 0 Å². The molecule has 2 rings (SSSR count). The lowest BCUT2D eigenvalue weighted by Gasteiger charge is -2.30. The van der Waals surface area contributed by atoms with Crippen LogP contribution in [0.1, 0.15) is 26.2 Å². The smallest absolute Gasteiger partial charge is 0.236 e. The Hall–Kier alpha value is -0.650. The van der Waals surface area contributed by atoms with E-state index in [0.717, 1.165) is 38.9 Å². The number of piperidine rings is 1. The van der Waals surface area contributed by atoms with Crippen LogP contribution in [-0.2, 0) is 4.79 Å². The molecular weight excluding hydrogens is 230 g/mol. The molecule has 1 amide bonds. The summed E-state index contributed by atoms with van der Waals surface area (Å²) in [5, 5.41) is 9.54. The molecule has 18 heavy (non-hydrogen) atoms. The van der Waals surface area contributed by atoms with Gasteiger partial charge in [0.25, 0.3) is 0 Å². The van der Waals surface area contributed by atoms with Crippen LogP contribution >= 0.6 is 0 Å². The first kappa shape index (κ1) is 13.8. The van der Waals surface area contributed by atoms with E-state index in [4.69, 9.17) is 5.73 Å². The molecule has 0 aromatic carbocycles. The molecule has 0 saturated carbocycles. The molecule has 2 atom stereocenters. The maximum atomic E-state index is 12.1. The maximum absolute atomic E-state index is 12.1. The average molecular weight is 255 g/mol. The number of carbonyl (C=O) groups excluding carboxylic acids is 1. The van der Waals surface area contributed by atoms with Crippen molar-refractivity contribution < 1.29 is 9.90 Å². The van der Waals surface area contributed by atoms with E-state index in [9.17, 15) is 9.90 Å². The van der Waals surface area contributed by atoms with Gasteiger partial charge < -0.3 is 15.7 Å². The van der Waals surface area contributed by atoms with Crippen molar-refractivity contribution in [2.45, 2.75) is 38.3 Å². The summed E-state index contributed by atoms with van der Waals surface area (Å²) in [5.74, 6) is 0.456. The zero-order valence-electron chi connectivity index (χ0n) is 11.2. The van der Waals surface area contributed by atoms with Crippen LogP contribution in [0.2, 0.25) is 0 Å². The Morgan fingerprint density at radius 2 is 2.00 bits per heavy atom. The van der Waals surface area contributed by atoms with Gasteiger partial charge >= 0.3 is 0 Å². The average Bonchev–Trinajstić information content (AvgIpc) is 2.81. The lowest BCUT2D eigenvalue weighted by Crippen LogP contribution is -2.45. The molecule has 2 aliphatic rings. The van der Waals surface area contributed by atoms with E-state index in [1.807, 2.05) is 11.8 Å². The third kappa shape index (κ3) is 3.43. The summed E-state index contributed by atoms with van der Waals surface area (Å²) in [4.78, 5) is 16.2. The van der Waals surface area contributed by atoms with Crippen molar-refractivity contribution >= 4 is 5.91 Å². The number of hydrogen-bond donors (Lipinski definition) is 2. The van der Waals surface area contributed by atoms with Gasteiger partial charge in [-0.1, -0.05) is 0 Å². The second-order valence-corrected chi connectivity index (χ2v) is 5.74. The minimum Gasteiger partial charge on any atom is -0.393 e.